The fraction of sp³-hybridized carbons (Fsp3) is 0.583. The zero-order valence-electron chi connectivity index (χ0n) is 19.8. The van der Waals surface area contributed by atoms with E-state index >= 15 is 0 Å². The first-order valence-corrected chi connectivity index (χ1v) is 13.2. The van der Waals surface area contributed by atoms with Crippen molar-refractivity contribution in [2.45, 2.75) is 57.9 Å². The van der Waals surface area contributed by atoms with Gasteiger partial charge in [0.15, 0.2) is 5.65 Å². The normalized spacial score (nSPS) is 15.1. The van der Waals surface area contributed by atoms with Gasteiger partial charge in [0.2, 0.25) is 0 Å². The molecule has 0 spiro atoms. The van der Waals surface area contributed by atoms with Gasteiger partial charge in [-0.25, -0.2) is 4.98 Å². The number of esters is 1. The Hall–Kier alpha value is -2.75. The van der Waals surface area contributed by atoms with Gasteiger partial charge in [-0.05, 0) is 49.8 Å². The smallest absolute Gasteiger partial charge is 0.325 e. The van der Waals surface area contributed by atoms with E-state index in [0.717, 1.165) is 43.6 Å². The summed E-state index contributed by atoms with van der Waals surface area (Å²) in [4.78, 5) is 41.4. The van der Waals surface area contributed by atoms with E-state index in [-0.39, 0.29) is 30.8 Å². The number of anilines is 1. The Bertz CT molecular complexity index is 1000. The third kappa shape index (κ3) is 6.65. The van der Waals surface area contributed by atoms with Crippen molar-refractivity contribution in [3.05, 3.63) is 29.6 Å². The molecule has 3 N–H and O–H groups in total. The topological polar surface area (TPSA) is 122 Å². The van der Waals surface area contributed by atoms with Crippen LogP contribution < -0.4 is 10.6 Å². The molecule has 10 heteroatoms. The fourth-order valence-corrected chi connectivity index (χ4v) is 4.92. The number of aromatic nitrogens is 2. The molecule has 1 aliphatic rings. The number of hydrogen-bond acceptors (Lipinski definition) is 7. The zero-order valence-corrected chi connectivity index (χ0v) is 20.7. The molecule has 2 aromatic heterocycles. The molecule has 2 heterocycles. The first kappa shape index (κ1) is 25.9. The second kappa shape index (κ2) is 12.6. The molecule has 1 saturated carbocycles. The maximum atomic E-state index is 13.3. The maximum absolute atomic E-state index is 13.3. The number of nitrogens with zero attached hydrogens (tertiary/aromatic N) is 2. The van der Waals surface area contributed by atoms with Gasteiger partial charge in [0, 0.05) is 18.7 Å². The monoisotopic (exact) mass is 490 g/mol. The van der Waals surface area contributed by atoms with Crippen molar-refractivity contribution in [2.75, 3.05) is 30.5 Å². The van der Waals surface area contributed by atoms with Gasteiger partial charge >= 0.3 is 11.9 Å². The lowest BCUT2D eigenvalue weighted by Gasteiger charge is -2.30. The molecule has 0 bridgehead atoms. The predicted octanol–water partition coefficient (Wildman–Crippen LogP) is 3.37. The van der Waals surface area contributed by atoms with Crippen LogP contribution in [0, 0.1) is 5.92 Å². The summed E-state index contributed by atoms with van der Waals surface area (Å²) in [5.41, 5.74) is 1.61. The number of aryl methyl sites for hydroxylation is 1. The Balaban J connectivity index is 1.89. The molecule has 0 saturated heterocycles. The number of fused-ring (bicyclic) bond motifs is 1. The SMILES string of the molecule is CCOC(=O)CNc1c(CCSC)nc2c(C(=O)NC(CC(=O)O)C3CCCCC3)cccn12. The maximum Gasteiger partial charge on any atom is 0.325 e. The van der Waals surface area contributed by atoms with Crippen LogP contribution in [0.4, 0.5) is 5.82 Å². The van der Waals surface area contributed by atoms with Crippen LogP contribution in [0.1, 0.15) is 61.5 Å². The second-order valence-corrected chi connectivity index (χ2v) is 9.49. The number of carboxylic acid groups (broad SMARTS) is 1. The average Bonchev–Trinajstić information content (AvgIpc) is 3.18. The van der Waals surface area contributed by atoms with Crippen LogP contribution >= 0.6 is 11.8 Å². The number of carbonyl (C=O) groups excluding carboxylic acids is 2. The van der Waals surface area contributed by atoms with Crippen LogP contribution in [0.25, 0.3) is 5.65 Å². The molecule has 2 aromatic rings. The van der Waals surface area contributed by atoms with E-state index in [2.05, 4.69) is 10.6 Å². The highest BCUT2D eigenvalue weighted by atomic mass is 32.2. The Labute approximate surface area is 204 Å². The fourth-order valence-electron chi connectivity index (χ4n) is 4.53. The Morgan fingerprint density at radius 1 is 1.29 bits per heavy atom. The van der Waals surface area contributed by atoms with Crippen molar-refractivity contribution in [3.8, 4) is 0 Å². The van der Waals surface area contributed by atoms with Gasteiger partial charge in [-0.15, -0.1) is 0 Å². The average molecular weight is 491 g/mol. The highest BCUT2D eigenvalue weighted by molar-refractivity contribution is 7.98. The van der Waals surface area contributed by atoms with Gasteiger partial charge in [-0.2, -0.15) is 11.8 Å². The first-order valence-electron chi connectivity index (χ1n) is 11.9. The number of pyridine rings is 1. The van der Waals surface area contributed by atoms with Gasteiger partial charge in [-0.3, -0.25) is 18.8 Å². The molecule has 9 nitrogen and oxygen atoms in total. The molecule has 0 aromatic carbocycles. The van der Waals surface area contributed by atoms with E-state index in [1.54, 1.807) is 41.4 Å². The van der Waals surface area contributed by atoms with E-state index < -0.39 is 12.0 Å². The zero-order chi connectivity index (χ0) is 24.5. The largest absolute Gasteiger partial charge is 0.481 e. The minimum absolute atomic E-state index is 0.00725. The Morgan fingerprint density at radius 3 is 2.74 bits per heavy atom. The Kier molecular flexibility index (Phi) is 9.62. The summed E-state index contributed by atoms with van der Waals surface area (Å²) in [5, 5.41) is 15.5. The molecule has 0 aliphatic heterocycles. The van der Waals surface area contributed by atoms with Gasteiger partial charge < -0.3 is 20.5 Å². The molecule has 1 amide bonds. The van der Waals surface area contributed by atoms with E-state index in [1.165, 1.54) is 0 Å². The summed E-state index contributed by atoms with van der Waals surface area (Å²) >= 11 is 1.68. The summed E-state index contributed by atoms with van der Waals surface area (Å²) in [6.07, 6.45) is 9.48. The summed E-state index contributed by atoms with van der Waals surface area (Å²) in [6, 6.07) is 3.03. The Morgan fingerprint density at radius 2 is 2.06 bits per heavy atom. The number of aliphatic carboxylic acids is 1. The van der Waals surface area contributed by atoms with Crippen LogP contribution in [0.3, 0.4) is 0 Å². The van der Waals surface area contributed by atoms with Crippen molar-refractivity contribution in [1.82, 2.24) is 14.7 Å². The molecule has 0 radical (unpaired) electrons. The molecule has 1 atom stereocenters. The van der Waals surface area contributed by atoms with E-state index in [4.69, 9.17) is 9.72 Å². The number of carbonyl (C=O) groups is 3. The van der Waals surface area contributed by atoms with Crippen LogP contribution in [-0.4, -0.2) is 63.5 Å². The van der Waals surface area contributed by atoms with Crippen molar-refractivity contribution in [2.24, 2.45) is 5.92 Å². The number of ether oxygens (including phenoxy) is 1. The standard InChI is InChI=1S/C24H34N4O5S/c1-3-33-21(31)15-25-23-18(11-13-34-2)26-22-17(10-7-12-28(22)23)24(32)27-19(14-20(29)30)16-8-5-4-6-9-16/h7,10,12,16,19,25H,3-6,8-9,11,13-15H2,1-2H3,(H,27,32)(H,29,30). The molecular formula is C24H34N4O5S. The summed E-state index contributed by atoms with van der Waals surface area (Å²) in [5.74, 6) is 0.0296. The lowest BCUT2D eigenvalue weighted by Crippen LogP contribution is -2.42. The van der Waals surface area contributed by atoms with Crippen LogP contribution in [0.15, 0.2) is 18.3 Å². The quantitative estimate of drug-likeness (QED) is 0.387. The minimum atomic E-state index is -0.917. The van der Waals surface area contributed by atoms with Crippen LogP contribution in [0.5, 0.6) is 0 Å². The third-order valence-electron chi connectivity index (χ3n) is 6.15. The van der Waals surface area contributed by atoms with Gasteiger partial charge in [-0.1, -0.05) is 19.3 Å². The van der Waals surface area contributed by atoms with Gasteiger partial charge in [0.1, 0.15) is 12.4 Å². The minimum Gasteiger partial charge on any atom is -0.481 e. The van der Waals surface area contributed by atoms with Crippen LogP contribution in [-0.2, 0) is 20.7 Å². The number of nitrogens with one attached hydrogen (secondary N) is 2. The first-order chi connectivity index (χ1) is 16.4. The number of hydrogen-bond donors (Lipinski definition) is 3. The predicted molar refractivity (Wildman–Crippen MR) is 132 cm³/mol. The summed E-state index contributed by atoms with van der Waals surface area (Å²) < 4.78 is 6.80. The third-order valence-corrected chi connectivity index (χ3v) is 6.76. The van der Waals surface area contributed by atoms with Crippen molar-refractivity contribution in [3.63, 3.8) is 0 Å². The van der Waals surface area contributed by atoms with Crippen molar-refractivity contribution in [1.29, 1.82) is 0 Å². The van der Waals surface area contributed by atoms with E-state index in [1.807, 2.05) is 6.26 Å². The van der Waals surface area contributed by atoms with E-state index in [0.29, 0.717) is 30.1 Å². The van der Waals surface area contributed by atoms with Crippen molar-refractivity contribution >= 4 is 41.1 Å². The molecule has 1 unspecified atom stereocenters. The molecule has 186 valence electrons. The highest BCUT2D eigenvalue weighted by Crippen LogP contribution is 2.28. The number of imidazole rings is 1. The second-order valence-electron chi connectivity index (χ2n) is 8.50. The van der Waals surface area contributed by atoms with Gasteiger partial charge in [0.25, 0.3) is 5.91 Å². The lowest BCUT2D eigenvalue weighted by atomic mass is 9.82. The number of amides is 1. The molecule has 3 rings (SSSR count). The molecule has 34 heavy (non-hydrogen) atoms. The summed E-state index contributed by atoms with van der Waals surface area (Å²) in [7, 11) is 0. The number of carboxylic acids is 1. The van der Waals surface area contributed by atoms with Crippen LogP contribution in [0.2, 0.25) is 0 Å². The highest BCUT2D eigenvalue weighted by Gasteiger charge is 2.28. The molecule has 1 aliphatic carbocycles. The summed E-state index contributed by atoms with van der Waals surface area (Å²) in [6.45, 7) is 2.05. The molecular weight excluding hydrogens is 456 g/mol. The van der Waals surface area contributed by atoms with Crippen molar-refractivity contribution < 1.29 is 24.2 Å². The van der Waals surface area contributed by atoms with Gasteiger partial charge in [0.05, 0.1) is 24.3 Å². The lowest BCUT2D eigenvalue weighted by molar-refractivity contribution is -0.141. The number of thioether (sulfide) groups is 1. The van der Waals surface area contributed by atoms with E-state index in [9.17, 15) is 19.5 Å². The molecule has 1 fully saturated rings. The number of rotatable bonds is 12.